The topological polar surface area (TPSA) is 52.3 Å². The summed E-state index contributed by atoms with van der Waals surface area (Å²) in [4.78, 5) is 11.1. The number of hydrogen-bond donors (Lipinski definition) is 1. The van der Waals surface area contributed by atoms with Crippen LogP contribution in [0.15, 0.2) is 12.1 Å². The highest BCUT2D eigenvalue weighted by Gasteiger charge is 2.09. The molecule has 0 aliphatic carbocycles. The predicted molar refractivity (Wildman–Crippen MR) is 56.0 cm³/mol. The van der Waals surface area contributed by atoms with Crippen molar-refractivity contribution in [2.24, 2.45) is 0 Å². The quantitative estimate of drug-likeness (QED) is 0.573. The van der Waals surface area contributed by atoms with Gasteiger partial charge in [0.1, 0.15) is 0 Å². The van der Waals surface area contributed by atoms with Gasteiger partial charge in [-0.05, 0) is 42.7 Å². The van der Waals surface area contributed by atoms with Crippen LogP contribution in [-0.2, 0) is 16.0 Å². The number of methoxy groups -OCH3 is 1. The van der Waals surface area contributed by atoms with E-state index in [4.69, 9.17) is 5.73 Å². The van der Waals surface area contributed by atoms with Crippen LogP contribution in [0.3, 0.4) is 0 Å². The maximum atomic E-state index is 11.1. The first-order valence-electron chi connectivity index (χ1n) is 4.47. The second-order valence-corrected chi connectivity index (χ2v) is 3.39. The number of nitrogen functional groups attached to an aromatic ring is 1. The normalized spacial score (nSPS) is 9.93. The average molecular weight is 193 g/mol. The Hall–Kier alpha value is -1.51. The van der Waals surface area contributed by atoms with E-state index in [1.807, 2.05) is 26.0 Å². The number of carbonyl (C=O) groups excluding carboxylic acids is 1. The smallest absolute Gasteiger partial charge is 0.309 e. The van der Waals surface area contributed by atoms with Crippen LogP contribution in [0.5, 0.6) is 0 Å². The third kappa shape index (κ3) is 2.25. The van der Waals surface area contributed by atoms with Gasteiger partial charge in [-0.3, -0.25) is 4.79 Å². The number of ether oxygens (including phenoxy) is 1. The number of benzene rings is 1. The van der Waals surface area contributed by atoms with Crippen molar-refractivity contribution in [3.63, 3.8) is 0 Å². The number of aryl methyl sites for hydroxylation is 2. The fourth-order valence-corrected chi connectivity index (χ4v) is 1.52. The molecule has 3 nitrogen and oxygen atoms in total. The van der Waals surface area contributed by atoms with Crippen LogP contribution in [0.2, 0.25) is 0 Å². The van der Waals surface area contributed by atoms with Crippen LogP contribution < -0.4 is 5.73 Å². The molecule has 0 aliphatic rings. The van der Waals surface area contributed by atoms with Crippen molar-refractivity contribution in [3.05, 3.63) is 28.8 Å². The molecule has 1 aromatic carbocycles. The first kappa shape index (κ1) is 10.6. The maximum absolute atomic E-state index is 11.1. The third-order valence-electron chi connectivity index (χ3n) is 2.27. The molecule has 0 amide bonds. The largest absolute Gasteiger partial charge is 0.469 e. The van der Waals surface area contributed by atoms with E-state index >= 15 is 0 Å². The number of rotatable bonds is 2. The van der Waals surface area contributed by atoms with Crippen molar-refractivity contribution in [1.29, 1.82) is 0 Å². The van der Waals surface area contributed by atoms with Gasteiger partial charge >= 0.3 is 5.97 Å². The molecule has 1 aromatic rings. The molecular weight excluding hydrogens is 178 g/mol. The van der Waals surface area contributed by atoms with Crippen molar-refractivity contribution in [1.82, 2.24) is 0 Å². The van der Waals surface area contributed by atoms with E-state index in [2.05, 4.69) is 4.74 Å². The van der Waals surface area contributed by atoms with Crippen LogP contribution >= 0.6 is 0 Å². The van der Waals surface area contributed by atoms with Gasteiger partial charge in [-0.15, -0.1) is 0 Å². The molecule has 14 heavy (non-hydrogen) atoms. The summed E-state index contributed by atoms with van der Waals surface area (Å²) in [6, 6.07) is 3.73. The van der Waals surface area contributed by atoms with E-state index in [-0.39, 0.29) is 5.97 Å². The van der Waals surface area contributed by atoms with Crippen molar-refractivity contribution in [3.8, 4) is 0 Å². The molecule has 0 saturated heterocycles. The van der Waals surface area contributed by atoms with Crippen LogP contribution in [0, 0.1) is 13.8 Å². The van der Waals surface area contributed by atoms with Crippen molar-refractivity contribution < 1.29 is 9.53 Å². The second-order valence-electron chi connectivity index (χ2n) is 3.39. The zero-order valence-corrected chi connectivity index (χ0v) is 8.76. The monoisotopic (exact) mass is 193 g/mol. The zero-order chi connectivity index (χ0) is 10.7. The molecule has 0 spiro atoms. The number of carbonyl (C=O) groups is 1. The van der Waals surface area contributed by atoms with Gasteiger partial charge in [-0.1, -0.05) is 0 Å². The maximum Gasteiger partial charge on any atom is 0.309 e. The molecule has 0 bridgehead atoms. The zero-order valence-electron chi connectivity index (χ0n) is 8.76. The lowest BCUT2D eigenvalue weighted by molar-refractivity contribution is -0.139. The summed E-state index contributed by atoms with van der Waals surface area (Å²) in [6.45, 7) is 3.89. The number of hydrogen-bond acceptors (Lipinski definition) is 3. The summed E-state index contributed by atoms with van der Waals surface area (Å²) in [5, 5.41) is 0. The van der Waals surface area contributed by atoms with Crippen molar-refractivity contribution in [2.45, 2.75) is 20.3 Å². The number of anilines is 1. The van der Waals surface area contributed by atoms with Crippen LogP contribution in [0.1, 0.15) is 16.7 Å². The molecule has 0 saturated carbocycles. The first-order valence-corrected chi connectivity index (χ1v) is 4.47. The number of esters is 1. The molecule has 1 rings (SSSR count). The summed E-state index contributed by atoms with van der Waals surface area (Å²) >= 11 is 0. The Morgan fingerprint density at radius 2 is 1.86 bits per heavy atom. The Kier molecular flexibility index (Phi) is 3.12. The number of nitrogens with two attached hydrogens (primary N) is 1. The van der Waals surface area contributed by atoms with Gasteiger partial charge < -0.3 is 10.5 Å². The Morgan fingerprint density at radius 1 is 1.36 bits per heavy atom. The molecule has 76 valence electrons. The molecule has 0 atom stereocenters. The SMILES string of the molecule is COC(=O)Cc1c(C)cc(N)cc1C. The minimum absolute atomic E-state index is 0.221. The van der Waals surface area contributed by atoms with Crippen LogP contribution in [0.25, 0.3) is 0 Å². The molecule has 0 radical (unpaired) electrons. The fraction of sp³-hybridized carbons (Fsp3) is 0.364. The van der Waals surface area contributed by atoms with Gasteiger partial charge in [0.05, 0.1) is 13.5 Å². The van der Waals surface area contributed by atoms with Gasteiger partial charge in [0, 0.05) is 5.69 Å². The van der Waals surface area contributed by atoms with E-state index in [1.54, 1.807) is 0 Å². The summed E-state index contributed by atoms with van der Waals surface area (Å²) in [7, 11) is 1.39. The minimum Gasteiger partial charge on any atom is -0.469 e. The summed E-state index contributed by atoms with van der Waals surface area (Å²) < 4.78 is 4.62. The fourth-order valence-electron chi connectivity index (χ4n) is 1.52. The Labute approximate surface area is 83.9 Å². The second kappa shape index (κ2) is 4.13. The highest BCUT2D eigenvalue weighted by molar-refractivity contribution is 5.74. The molecule has 2 N–H and O–H groups in total. The average Bonchev–Trinajstić information content (AvgIpc) is 2.10. The molecule has 3 heteroatoms. The highest BCUT2D eigenvalue weighted by Crippen LogP contribution is 2.18. The molecule has 0 fully saturated rings. The molecule has 0 aliphatic heterocycles. The predicted octanol–water partition coefficient (Wildman–Crippen LogP) is 1.60. The molecule has 0 heterocycles. The van der Waals surface area contributed by atoms with Gasteiger partial charge in [-0.25, -0.2) is 0 Å². The summed E-state index contributed by atoms with van der Waals surface area (Å²) in [5.41, 5.74) is 9.48. The Bertz CT molecular complexity index is 335. The van der Waals surface area contributed by atoms with Crippen LogP contribution in [-0.4, -0.2) is 13.1 Å². The minimum atomic E-state index is -0.221. The molecular formula is C11H15NO2. The van der Waals surface area contributed by atoms with E-state index in [1.165, 1.54) is 7.11 Å². The first-order chi connectivity index (χ1) is 6.54. The lowest BCUT2D eigenvalue weighted by atomic mass is 9.99. The lowest BCUT2D eigenvalue weighted by Crippen LogP contribution is -2.07. The standard InChI is InChI=1S/C11H15NO2/c1-7-4-9(12)5-8(2)10(7)6-11(13)14-3/h4-5H,6,12H2,1-3H3. The van der Waals surface area contributed by atoms with E-state index in [9.17, 15) is 4.79 Å². The highest BCUT2D eigenvalue weighted by atomic mass is 16.5. The third-order valence-corrected chi connectivity index (χ3v) is 2.27. The van der Waals surface area contributed by atoms with Gasteiger partial charge in [-0.2, -0.15) is 0 Å². The van der Waals surface area contributed by atoms with Gasteiger partial charge in [0.25, 0.3) is 0 Å². The van der Waals surface area contributed by atoms with Gasteiger partial charge in [0.15, 0.2) is 0 Å². The van der Waals surface area contributed by atoms with Crippen LogP contribution in [0.4, 0.5) is 5.69 Å². The van der Waals surface area contributed by atoms with Gasteiger partial charge in [0.2, 0.25) is 0 Å². The molecule has 0 aromatic heterocycles. The van der Waals surface area contributed by atoms with E-state index < -0.39 is 0 Å². The van der Waals surface area contributed by atoms with E-state index in [0.29, 0.717) is 6.42 Å². The Morgan fingerprint density at radius 3 is 2.29 bits per heavy atom. The summed E-state index contributed by atoms with van der Waals surface area (Å²) in [5.74, 6) is -0.221. The van der Waals surface area contributed by atoms with Crippen molar-refractivity contribution in [2.75, 3.05) is 12.8 Å². The van der Waals surface area contributed by atoms with Crippen molar-refractivity contribution >= 4 is 11.7 Å². The summed E-state index contributed by atoms with van der Waals surface area (Å²) in [6.07, 6.45) is 0.314. The Balaban J connectivity index is 3.02. The lowest BCUT2D eigenvalue weighted by Gasteiger charge is -2.09. The molecule has 0 unspecified atom stereocenters. The van der Waals surface area contributed by atoms with E-state index in [0.717, 1.165) is 22.4 Å².